The molecule has 4 bridgehead atoms. The number of alkyl halides is 26. The molecule has 0 spiro atoms. The third kappa shape index (κ3) is 18.5. The predicted octanol–water partition coefficient (Wildman–Crippen LogP) is 19.2. The monoisotopic (exact) mass is 1710 g/mol. The molecule has 0 saturated heterocycles. The summed E-state index contributed by atoms with van der Waals surface area (Å²) in [7, 11) is 7.50. The first-order valence-electron chi connectivity index (χ1n) is 35.4. The van der Waals surface area contributed by atoms with Crippen LogP contribution in [0.5, 0.6) is 0 Å². The molecular weight excluding hydrogens is 1630 g/mol. The summed E-state index contributed by atoms with van der Waals surface area (Å²) in [6.45, 7) is 5.11. The molecule has 116 heavy (non-hydrogen) atoms. The maximum atomic E-state index is 15.5. The average molecular weight is 1710 g/mol. The van der Waals surface area contributed by atoms with Crippen LogP contribution in [0.2, 0.25) is 0 Å². The van der Waals surface area contributed by atoms with Crippen LogP contribution < -0.4 is 0 Å². The zero-order chi connectivity index (χ0) is 87.9. The predicted molar refractivity (Wildman–Crippen MR) is 358 cm³/mol. The molecule has 2 aromatic carbocycles. The first-order chi connectivity index (χ1) is 53.6. The lowest BCUT2D eigenvalue weighted by molar-refractivity contribution is -0.443. The van der Waals surface area contributed by atoms with Crippen molar-refractivity contribution in [2.24, 2.45) is 107 Å². The van der Waals surface area contributed by atoms with Gasteiger partial charge in [-0.2, -0.15) is 114 Å². The van der Waals surface area contributed by atoms with Gasteiger partial charge in [-0.15, -0.1) is 6.58 Å². The molecule has 18 unspecified atom stereocenters. The molecule has 0 aromatic heterocycles. The van der Waals surface area contributed by atoms with Crippen LogP contribution in [0, 0.1) is 107 Å². The highest BCUT2D eigenvalue weighted by molar-refractivity contribution is 5.86. The van der Waals surface area contributed by atoms with E-state index in [-0.39, 0.29) is 78.8 Å². The van der Waals surface area contributed by atoms with Crippen molar-refractivity contribution in [3.8, 4) is 0 Å². The second-order valence-corrected chi connectivity index (χ2v) is 28.5. The molecule has 0 N–H and O–H groups in total. The number of benzene rings is 2. The van der Waals surface area contributed by atoms with Crippen LogP contribution in [0.3, 0.4) is 0 Å². The minimum Gasteiger partial charge on any atom is -0.502 e. The Labute approximate surface area is 646 Å². The van der Waals surface area contributed by atoms with Crippen LogP contribution in [-0.2, 0) is 61.9 Å². The summed E-state index contributed by atoms with van der Waals surface area (Å²) in [6.07, 6.45) is 3.19. The third-order valence-electron chi connectivity index (χ3n) is 22.0. The molecule has 18 atom stereocenters. The fraction of sp³-hybridized carbons (Fsp3) is 0.584. The molecule has 9 rings (SSSR count). The minimum absolute atomic E-state index is 0.0616. The number of fused-ring (bicyclic) bond motifs is 4. The Balaban J connectivity index is 0.000000270. The Bertz CT molecular complexity index is 3880. The molecule has 648 valence electrons. The lowest BCUT2D eigenvalue weighted by Crippen LogP contribution is -2.71. The number of methoxy groups -OCH3 is 6. The van der Waals surface area contributed by atoms with Gasteiger partial charge < -0.3 is 33.2 Å². The van der Waals surface area contributed by atoms with E-state index in [1.54, 1.807) is 48.6 Å². The van der Waals surface area contributed by atoms with Gasteiger partial charge in [-0.3, -0.25) is 28.8 Å². The second kappa shape index (κ2) is 36.7. The lowest BCUT2D eigenvalue weighted by Gasteiger charge is -2.42. The maximum Gasteiger partial charge on any atom is 0.460 e. The molecule has 7 aliphatic rings. The quantitative estimate of drug-likeness (QED) is 0.0287. The Morgan fingerprint density at radius 3 is 1.02 bits per heavy atom. The molecule has 0 heterocycles. The standard InChI is InChI=1S/C34H35F13O5.C19H22O4.C13H9F13.C11H14O4/c1-4-52-15-14-21-16-20(17-24(21)29(35,36)30(37,38)31(39,40)32(41,42)33(43,44)34(45,46)47)11-13-23-18-22(12-10-19-8-6-5-7-9-19)25(27(48)50-2)26(23)28(49)51-3;1-4-14-12-15(11-10-13-8-6-5-7-9-13)17(19(21)23-3)16(14)18(20)22-2;14-8(15,7-4-5-1-2-6(7)3-5)9(16,17)10(18,19)11(20,21)12(22,23)13(24,25)26;1-14-10(12)8-6-3-4-7(5-6)9(8)11(13)15-2/h5-15,20-26H,4,16-18H2,1-3H3;4-11,14-17H,1,12H2,2-3H3;1-2,5-7H,3-4H2;3-4,6-9H,5H2,1-2H3/b12-10-,13-11+,15-14-;11-10-;;. The number of ether oxygens (including phenoxy) is 7. The zero-order valence-electron chi connectivity index (χ0n) is 62.2. The number of allylic oxidation sites excluding steroid dienone is 10. The molecule has 13 nitrogen and oxygen atoms in total. The number of hydrogen-bond donors (Lipinski definition) is 0. The fourth-order valence-corrected chi connectivity index (χ4v) is 16.0. The lowest BCUT2D eigenvalue weighted by atomic mass is 9.81. The van der Waals surface area contributed by atoms with Crippen LogP contribution >= 0.6 is 0 Å². The van der Waals surface area contributed by atoms with Crippen molar-refractivity contribution in [3.05, 3.63) is 145 Å². The summed E-state index contributed by atoms with van der Waals surface area (Å²) in [5, 5.41) is 0. The first-order valence-corrected chi connectivity index (χ1v) is 35.4. The van der Waals surface area contributed by atoms with Crippen molar-refractivity contribution >= 4 is 48.0 Å². The molecule has 7 aliphatic carbocycles. The van der Waals surface area contributed by atoms with Crippen LogP contribution in [0.1, 0.15) is 63.0 Å². The van der Waals surface area contributed by atoms with E-state index in [1.807, 2.05) is 54.6 Å². The molecule has 5 saturated carbocycles. The molecule has 5 fully saturated rings. The van der Waals surface area contributed by atoms with Crippen molar-refractivity contribution in [2.45, 2.75) is 123 Å². The van der Waals surface area contributed by atoms with E-state index in [0.717, 1.165) is 50.2 Å². The number of carbonyl (C=O) groups excluding carboxylic acids is 6. The summed E-state index contributed by atoms with van der Waals surface area (Å²) < 4.78 is 386. The van der Waals surface area contributed by atoms with Gasteiger partial charge in [-0.1, -0.05) is 127 Å². The SMILES string of the molecule is C=CC1CC(/C=C\c2ccccc2)C(C(=O)OC)C1C(=O)OC.CCO/C=C\C1CC(/C=C/C2CC(/C=C\c3ccccc3)C(C(=O)OC)C2C(=O)OC)CC1C(F)(F)C(F)(F)C(F)(F)C(F)(F)C(F)(F)C(F)(F)F.COC(=O)C1C2C=CC(C2)C1C(=O)OC.FC(F)(F)C(F)(F)C(F)(F)C(F)(F)C(F)(F)C(F)(F)C1CC2C=CC1C2. The van der Waals surface area contributed by atoms with Crippen molar-refractivity contribution < 1.29 is 176 Å². The van der Waals surface area contributed by atoms with Crippen molar-refractivity contribution in [1.82, 2.24) is 0 Å². The molecule has 0 amide bonds. The van der Waals surface area contributed by atoms with E-state index in [1.165, 1.54) is 53.6 Å². The van der Waals surface area contributed by atoms with Gasteiger partial charge in [-0.05, 0) is 128 Å². The number of carbonyl (C=O) groups is 6. The number of hydrogen-bond acceptors (Lipinski definition) is 13. The summed E-state index contributed by atoms with van der Waals surface area (Å²) in [4.78, 5) is 73.3. The van der Waals surface area contributed by atoms with E-state index in [9.17, 15) is 134 Å². The Morgan fingerprint density at radius 2 is 0.681 bits per heavy atom. The Hall–Kier alpha value is -8.58. The highest BCUT2D eigenvalue weighted by Gasteiger charge is 2.93. The fourth-order valence-electron chi connectivity index (χ4n) is 16.0. The van der Waals surface area contributed by atoms with Gasteiger partial charge in [0, 0.05) is 11.8 Å². The molecule has 0 aliphatic heterocycles. The van der Waals surface area contributed by atoms with E-state index < -0.39 is 174 Å². The van der Waals surface area contributed by atoms with Gasteiger partial charge in [0.2, 0.25) is 0 Å². The van der Waals surface area contributed by atoms with Gasteiger partial charge in [0.1, 0.15) is 0 Å². The van der Waals surface area contributed by atoms with Gasteiger partial charge in [0.25, 0.3) is 0 Å². The normalized spacial score (nSPS) is 28.4. The summed E-state index contributed by atoms with van der Waals surface area (Å²) in [5.41, 5.74) is 1.78. The molecule has 2 aromatic rings. The molecular formula is C77H80F26O13. The van der Waals surface area contributed by atoms with E-state index in [0.29, 0.717) is 6.42 Å². The highest BCUT2D eigenvalue weighted by Crippen LogP contribution is 2.66. The smallest absolute Gasteiger partial charge is 0.460 e. The maximum absolute atomic E-state index is 15.5. The van der Waals surface area contributed by atoms with Gasteiger partial charge in [0.15, 0.2) is 0 Å². The number of halogens is 26. The summed E-state index contributed by atoms with van der Waals surface area (Å²) >= 11 is 0. The van der Waals surface area contributed by atoms with Crippen LogP contribution in [0.15, 0.2) is 134 Å². The number of rotatable bonds is 26. The average Bonchev–Trinajstić information content (AvgIpc) is 0.942. The largest absolute Gasteiger partial charge is 0.502 e. The van der Waals surface area contributed by atoms with E-state index in [4.69, 9.17) is 33.2 Å². The Kier molecular flexibility index (Phi) is 30.5. The zero-order valence-corrected chi connectivity index (χ0v) is 62.2. The minimum atomic E-state index is -8.01. The van der Waals surface area contributed by atoms with E-state index >= 15 is 8.78 Å². The molecule has 0 radical (unpaired) electrons. The van der Waals surface area contributed by atoms with Crippen LogP contribution in [0.4, 0.5) is 114 Å². The van der Waals surface area contributed by atoms with Gasteiger partial charge >= 0.3 is 107 Å². The second-order valence-electron chi connectivity index (χ2n) is 28.5. The summed E-state index contributed by atoms with van der Waals surface area (Å²) in [5.74, 6) is -93.3. The summed E-state index contributed by atoms with van der Waals surface area (Å²) in [6, 6.07) is 18.6. The topological polar surface area (TPSA) is 167 Å². The van der Waals surface area contributed by atoms with Crippen molar-refractivity contribution in [3.63, 3.8) is 0 Å². The Morgan fingerprint density at radius 1 is 0.345 bits per heavy atom. The number of esters is 6. The molecule has 39 heteroatoms. The van der Waals surface area contributed by atoms with Crippen LogP contribution in [-0.4, -0.2) is 157 Å². The third-order valence-corrected chi connectivity index (χ3v) is 22.0. The first kappa shape index (κ1) is 96.3. The van der Waals surface area contributed by atoms with Crippen molar-refractivity contribution in [2.75, 3.05) is 49.3 Å². The van der Waals surface area contributed by atoms with Gasteiger partial charge in [-0.25, -0.2) is 0 Å². The van der Waals surface area contributed by atoms with Gasteiger partial charge in [0.05, 0.1) is 91.0 Å². The highest BCUT2D eigenvalue weighted by atomic mass is 19.4. The van der Waals surface area contributed by atoms with Crippen LogP contribution in [0.25, 0.3) is 12.2 Å². The van der Waals surface area contributed by atoms with E-state index in [2.05, 4.69) is 6.58 Å². The van der Waals surface area contributed by atoms with Crippen molar-refractivity contribution in [1.29, 1.82) is 0 Å².